The van der Waals surface area contributed by atoms with Gasteiger partial charge in [-0.25, -0.2) is 0 Å². The molecule has 2 aromatic rings. The van der Waals surface area contributed by atoms with Gasteiger partial charge in [0.15, 0.2) is 0 Å². The van der Waals surface area contributed by atoms with Crippen molar-refractivity contribution in [2.75, 3.05) is 46.5 Å². The Hall–Kier alpha value is -2.34. The van der Waals surface area contributed by atoms with E-state index in [-0.39, 0.29) is 6.61 Å². The van der Waals surface area contributed by atoms with Crippen LogP contribution in [0.3, 0.4) is 0 Å². The first-order valence-corrected chi connectivity index (χ1v) is 10.9. The molecular weight excluding hydrogens is 376 g/mol. The summed E-state index contributed by atoms with van der Waals surface area (Å²) in [6, 6.07) is 17.1. The van der Waals surface area contributed by atoms with Gasteiger partial charge in [-0.1, -0.05) is 42.5 Å². The van der Waals surface area contributed by atoms with Crippen LogP contribution in [0.5, 0.6) is 11.5 Å². The molecule has 2 saturated heterocycles. The number of aliphatic hydroxyl groups excluding tert-OH is 1. The average molecular weight is 409 g/mol. The fourth-order valence-corrected chi connectivity index (χ4v) is 4.62. The van der Waals surface area contributed by atoms with E-state index in [2.05, 4.69) is 46.2 Å². The number of hydrogen-bond acceptors (Lipinski definition) is 5. The molecule has 0 amide bonds. The van der Waals surface area contributed by atoms with E-state index in [9.17, 15) is 0 Å². The minimum Gasteiger partial charge on any atom is -0.497 e. The largest absolute Gasteiger partial charge is 0.497 e. The maximum absolute atomic E-state index is 9.03. The Morgan fingerprint density at radius 1 is 1.10 bits per heavy atom. The second kappa shape index (κ2) is 10.1. The first-order valence-electron chi connectivity index (χ1n) is 10.9. The van der Waals surface area contributed by atoms with Gasteiger partial charge in [0.1, 0.15) is 18.1 Å². The van der Waals surface area contributed by atoms with E-state index in [0.29, 0.717) is 12.6 Å². The summed E-state index contributed by atoms with van der Waals surface area (Å²) in [6.45, 7) is 5.78. The van der Waals surface area contributed by atoms with Crippen LogP contribution < -0.4 is 9.47 Å². The SMILES string of the molecule is COc1ccc(/C=C/CN2C[C@@H]3CN(Cc4ccccc4OCCO)CC[C@@H]32)cc1. The molecule has 30 heavy (non-hydrogen) atoms. The Morgan fingerprint density at radius 2 is 1.93 bits per heavy atom. The van der Waals surface area contributed by atoms with Crippen LogP contribution in [-0.4, -0.2) is 67.5 Å². The number of piperidine rings is 1. The van der Waals surface area contributed by atoms with Crippen molar-refractivity contribution < 1.29 is 14.6 Å². The maximum Gasteiger partial charge on any atom is 0.123 e. The number of ether oxygens (including phenoxy) is 2. The van der Waals surface area contributed by atoms with E-state index in [4.69, 9.17) is 14.6 Å². The molecule has 2 fully saturated rings. The lowest BCUT2D eigenvalue weighted by Crippen LogP contribution is -2.63. The molecule has 2 aromatic carbocycles. The highest BCUT2D eigenvalue weighted by Gasteiger charge is 2.41. The van der Waals surface area contributed by atoms with Gasteiger partial charge in [-0.15, -0.1) is 0 Å². The van der Waals surface area contributed by atoms with Gasteiger partial charge in [0.2, 0.25) is 0 Å². The van der Waals surface area contributed by atoms with Gasteiger partial charge in [0.05, 0.1) is 13.7 Å². The summed E-state index contributed by atoms with van der Waals surface area (Å²) in [5, 5.41) is 9.03. The van der Waals surface area contributed by atoms with Crippen molar-refractivity contribution in [1.29, 1.82) is 0 Å². The second-order valence-corrected chi connectivity index (χ2v) is 8.16. The van der Waals surface area contributed by atoms with E-state index in [1.165, 1.54) is 24.1 Å². The molecule has 0 saturated carbocycles. The Bertz CT molecular complexity index is 837. The van der Waals surface area contributed by atoms with Gasteiger partial charge in [0, 0.05) is 44.3 Å². The van der Waals surface area contributed by atoms with E-state index in [0.717, 1.165) is 43.6 Å². The quantitative estimate of drug-likeness (QED) is 0.690. The third kappa shape index (κ3) is 5.04. The zero-order valence-electron chi connectivity index (χ0n) is 17.7. The smallest absolute Gasteiger partial charge is 0.123 e. The van der Waals surface area contributed by atoms with Crippen molar-refractivity contribution in [1.82, 2.24) is 9.80 Å². The van der Waals surface area contributed by atoms with Crippen LogP contribution in [0, 0.1) is 5.92 Å². The van der Waals surface area contributed by atoms with Crippen LogP contribution in [0.4, 0.5) is 0 Å². The fourth-order valence-electron chi connectivity index (χ4n) is 4.62. The van der Waals surface area contributed by atoms with Crippen LogP contribution in [0.1, 0.15) is 17.5 Å². The Morgan fingerprint density at radius 3 is 2.70 bits per heavy atom. The molecule has 160 valence electrons. The van der Waals surface area contributed by atoms with Crippen molar-refractivity contribution >= 4 is 6.08 Å². The van der Waals surface area contributed by atoms with E-state index in [1.54, 1.807) is 7.11 Å². The third-order valence-electron chi connectivity index (χ3n) is 6.20. The van der Waals surface area contributed by atoms with Gasteiger partial charge in [-0.05, 0) is 36.1 Å². The molecule has 2 aliphatic rings. The lowest BCUT2D eigenvalue weighted by Gasteiger charge is -2.53. The number of para-hydroxylation sites is 1. The number of rotatable bonds is 9. The summed E-state index contributed by atoms with van der Waals surface area (Å²) < 4.78 is 10.9. The number of likely N-dealkylation sites (tertiary alicyclic amines) is 2. The van der Waals surface area contributed by atoms with E-state index < -0.39 is 0 Å². The van der Waals surface area contributed by atoms with Gasteiger partial charge in [0.25, 0.3) is 0 Å². The number of hydrogen-bond donors (Lipinski definition) is 1. The van der Waals surface area contributed by atoms with E-state index in [1.807, 2.05) is 24.3 Å². The van der Waals surface area contributed by atoms with Crippen molar-refractivity contribution in [2.24, 2.45) is 5.92 Å². The van der Waals surface area contributed by atoms with Crippen molar-refractivity contribution in [3.05, 3.63) is 65.7 Å². The highest BCUT2D eigenvalue weighted by Crippen LogP contribution is 2.33. The van der Waals surface area contributed by atoms with Gasteiger partial charge >= 0.3 is 0 Å². The van der Waals surface area contributed by atoms with Crippen molar-refractivity contribution in [2.45, 2.75) is 19.0 Å². The minimum absolute atomic E-state index is 0.0462. The Kier molecular flexibility index (Phi) is 7.05. The molecule has 0 bridgehead atoms. The van der Waals surface area contributed by atoms with E-state index >= 15 is 0 Å². The van der Waals surface area contributed by atoms with Crippen LogP contribution in [-0.2, 0) is 6.54 Å². The maximum atomic E-state index is 9.03. The predicted octanol–water partition coefficient (Wildman–Crippen LogP) is 3.29. The number of benzene rings is 2. The minimum atomic E-state index is 0.0462. The highest BCUT2D eigenvalue weighted by atomic mass is 16.5. The Labute approximate surface area is 179 Å². The lowest BCUT2D eigenvalue weighted by atomic mass is 9.82. The number of nitrogens with zero attached hydrogens (tertiary/aromatic N) is 2. The highest BCUT2D eigenvalue weighted by molar-refractivity contribution is 5.50. The van der Waals surface area contributed by atoms with Crippen LogP contribution in [0.15, 0.2) is 54.6 Å². The summed E-state index contributed by atoms with van der Waals surface area (Å²) in [5.74, 6) is 2.55. The molecule has 0 unspecified atom stereocenters. The first kappa shape index (κ1) is 20.9. The molecule has 2 atom stereocenters. The molecule has 0 aromatic heterocycles. The Balaban J connectivity index is 1.24. The van der Waals surface area contributed by atoms with Crippen LogP contribution >= 0.6 is 0 Å². The molecule has 2 aliphatic heterocycles. The summed E-state index contributed by atoms with van der Waals surface area (Å²) in [7, 11) is 1.69. The van der Waals surface area contributed by atoms with Crippen LogP contribution in [0.2, 0.25) is 0 Å². The second-order valence-electron chi connectivity index (χ2n) is 8.16. The van der Waals surface area contributed by atoms with Gasteiger partial charge in [-0.3, -0.25) is 9.80 Å². The monoisotopic (exact) mass is 408 g/mol. The lowest BCUT2D eigenvalue weighted by molar-refractivity contribution is -0.0377. The molecule has 0 aliphatic carbocycles. The van der Waals surface area contributed by atoms with Gasteiger partial charge in [-0.2, -0.15) is 0 Å². The first-order chi connectivity index (χ1) is 14.8. The summed E-state index contributed by atoms with van der Waals surface area (Å²) in [5.41, 5.74) is 2.42. The number of aliphatic hydroxyl groups is 1. The normalized spacial score (nSPS) is 21.9. The van der Waals surface area contributed by atoms with Crippen molar-refractivity contribution in [3.8, 4) is 11.5 Å². The standard InChI is InChI=1S/C25H32N2O3/c1-29-23-10-8-20(9-11-23)5-4-13-27-19-22-18-26(14-12-24(22)27)17-21-6-2-3-7-25(21)30-16-15-28/h2-11,22,24,28H,12-19H2,1H3/b5-4+/t22-,24-/m0/s1. The van der Waals surface area contributed by atoms with Crippen LogP contribution in [0.25, 0.3) is 6.08 Å². The summed E-state index contributed by atoms with van der Waals surface area (Å²) in [4.78, 5) is 5.15. The zero-order chi connectivity index (χ0) is 20.8. The van der Waals surface area contributed by atoms with Gasteiger partial charge < -0.3 is 14.6 Å². The van der Waals surface area contributed by atoms with Crippen molar-refractivity contribution in [3.63, 3.8) is 0 Å². The predicted molar refractivity (Wildman–Crippen MR) is 120 cm³/mol. The molecular formula is C25H32N2O3. The molecule has 5 nitrogen and oxygen atoms in total. The number of methoxy groups -OCH3 is 1. The molecule has 1 N–H and O–H groups in total. The topological polar surface area (TPSA) is 45.2 Å². The average Bonchev–Trinajstić information content (AvgIpc) is 2.77. The molecule has 0 spiro atoms. The third-order valence-corrected chi connectivity index (χ3v) is 6.20. The zero-order valence-corrected chi connectivity index (χ0v) is 17.7. The molecule has 5 heteroatoms. The summed E-state index contributed by atoms with van der Waals surface area (Å²) >= 11 is 0. The molecule has 0 radical (unpaired) electrons. The molecule has 2 heterocycles. The number of fused-ring (bicyclic) bond motifs is 1. The summed E-state index contributed by atoms with van der Waals surface area (Å²) in [6.07, 6.45) is 5.70. The molecule has 4 rings (SSSR count). The fraction of sp³-hybridized carbons (Fsp3) is 0.440.